The number of carbonyl (C=O) groups is 2. The van der Waals surface area contributed by atoms with Gasteiger partial charge in [0.05, 0.1) is 17.0 Å². The second-order valence-electron chi connectivity index (χ2n) is 9.36. The summed E-state index contributed by atoms with van der Waals surface area (Å²) in [6, 6.07) is 20.3. The minimum absolute atomic E-state index is 0.0864. The first-order valence-electron chi connectivity index (χ1n) is 12.8. The van der Waals surface area contributed by atoms with E-state index in [0.717, 1.165) is 39.0 Å². The molecule has 3 rings (SSSR count). The van der Waals surface area contributed by atoms with Crippen molar-refractivity contribution in [3.8, 4) is 0 Å². The van der Waals surface area contributed by atoms with Gasteiger partial charge in [-0.25, -0.2) is 8.42 Å². The van der Waals surface area contributed by atoms with E-state index in [1.54, 1.807) is 0 Å². The lowest BCUT2D eigenvalue weighted by molar-refractivity contribution is -0.140. The molecule has 7 nitrogen and oxygen atoms in total. The highest BCUT2D eigenvalue weighted by Gasteiger charge is 2.33. The van der Waals surface area contributed by atoms with Crippen LogP contribution in [0.2, 0.25) is 10.0 Å². The van der Waals surface area contributed by atoms with Crippen molar-refractivity contribution in [2.75, 3.05) is 23.7 Å². The molecule has 3 aromatic carbocycles. The van der Waals surface area contributed by atoms with Crippen molar-refractivity contribution < 1.29 is 18.0 Å². The number of nitrogens with one attached hydrogen (secondary N) is 1. The Bertz CT molecular complexity index is 1410. The molecule has 0 aliphatic rings. The molecule has 0 aliphatic heterocycles. The van der Waals surface area contributed by atoms with E-state index >= 15 is 0 Å². The normalized spacial score (nSPS) is 12.0. The Kier molecular flexibility index (Phi) is 11.9. The first-order chi connectivity index (χ1) is 19.0. The molecule has 0 saturated carbocycles. The number of nitrogens with zero attached hydrogens (tertiary/aromatic N) is 2. The Morgan fingerprint density at radius 1 is 0.975 bits per heavy atom. The van der Waals surface area contributed by atoms with Crippen LogP contribution in [0.15, 0.2) is 77.3 Å². The summed E-state index contributed by atoms with van der Waals surface area (Å²) in [7, 11) is -3.93. The fraction of sp³-hybridized carbons (Fsp3) is 0.310. The summed E-state index contributed by atoms with van der Waals surface area (Å²) in [5, 5.41) is 3.37. The maximum Gasteiger partial charge on any atom is 0.244 e. The van der Waals surface area contributed by atoms with Gasteiger partial charge in [-0.05, 0) is 47.9 Å². The van der Waals surface area contributed by atoms with E-state index in [-0.39, 0.29) is 29.6 Å². The van der Waals surface area contributed by atoms with Crippen molar-refractivity contribution in [2.45, 2.75) is 38.8 Å². The number of halogens is 3. The standard InChI is InChI=1S/C29H32BrCl2N3O4S/c1-3-4-16-33-29(37)27(17-21-8-6-5-7-9-21)34(19-22-10-12-23(30)13-11-22)28(36)20-35(40(2,38)39)26-15-14-24(31)18-25(26)32/h5-15,18,27H,3-4,16-17,19-20H2,1-2H3,(H,33,37). The SMILES string of the molecule is CCCCNC(=O)C(Cc1ccccc1)N(Cc1ccc(Br)cc1)C(=O)CN(c1ccc(Cl)cc1Cl)S(C)(=O)=O. The van der Waals surface area contributed by atoms with Crippen molar-refractivity contribution >= 4 is 66.7 Å². The smallest absolute Gasteiger partial charge is 0.244 e. The Labute approximate surface area is 254 Å². The van der Waals surface area contributed by atoms with Crippen molar-refractivity contribution in [3.05, 3.63) is 98.4 Å². The molecule has 1 unspecified atom stereocenters. The molecule has 0 spiro atoms. The summed E-state index contributed by atoms with van der Waals surface area (Å²) in [5.74, 6) is -0.857. The maximum absolute atomic E-state index is 14.1. The number of sulfonamides is 1. The third-order valence-corrected chi connectivity index (χ3v) is 8.42. The van der Waals surface area contributed by atoms with Crippen LogP contribution < -0.4 is 9.62 Å². The number of anilines is 1. The summed E-state index contributed by atoms with van der Waals surface area (Å²) in [6.07, 6.45) is 2.95. The Balaban J connectivity index is 2.04. The van der Waals surface area contributed by atoms with Crippen LogP contribution >= 0.6 is 39.1 Å². The first-order valence-corrected chi connectivity index (χ1v) is 16.2. The number of unbranched alkanes of at least 4 members (excludes halogenated alkanes) is 1. The van der Waals surface area contributed by atoms with Crippen LogP contribution in [0.4, 0.5) is 5.69 Å². The van der Waals surface area contributed by atoms with Crippen LogP contribution in [0.5, 0.6) is 0 Å². The molecule has 0 radical (unpaired) electrons. The topological polar surface area (TPSA) is 86.8 Å². The van der Waals surface area contributed by atoms with Crippen LogP contribution in [-0.4, -0.2) is 50.5 Å². The molecule has 214 valence electrons. The van der Waals surface area contributed by atoms with E-state index in [4.69, 9.17) is 23.2 Å². The van der Waals surface area contributed by atoms with Crippen molar-refractivity contribution in [2.24, 2.45) is 0 Å². The summed E-state index contributed by atoms with van der Waals surface area (Å²) in [6.45, 7) is 2.04. The molecule has 0 heterocycles. The Morgan fingerprint density at radius 2 is 1.65 bits per heavy atom. The predicted octanol–water partition coefficient (Wildman–Crippen LogP) is 6.08. The monoisotopic (exact) mass is 667 g/mol. The molecule has 0 saturated heterocycles. The van der Waals surface area contributed by atoms with Gasteiger partial charge in [-0.2, -0.15) is 0 Å². The minimum Gasteiger partial charge on any atom is -0.354 e. The molecule has 0 bridgehead atoms. The van der Waals surface area contributed by atoms with Gasteiger partial charge in [0, 0.05) is 29.0 Å². The average molecular weight is 669 g/mol. The van der Waals surface area contributed by atoms with Crippen LogP contribution in [0.25, 0.3) is 0 Å². The number of rotatable bonds is 13. The molecule has 0 aromatic heterocycles. The van der Waals surface area contributed by atoms with Gasteiger partial charge in [0.25, 0.3) is 0 Å². The maximum atomic E-state index is 14.1. The van der Waals surface area contributed by atoms with Crippen molar-refractivity contribution in [1.29, 1.82) is 0 Å². The zero-order valence-electron chi connectivity index (χ0n) is 22.3. The highest BCUT2D eigenvalue weighted by atomic mass is 79.9. The van der Waals surface area contributed by atoms with Crippen LogP contribution in [-0.2, 0) is 32.6 Å². The molecule has 1 N–H and O–H groups in total. The van der Waals surface area contributed by atoms with E-state index in [1.807, 2.05) is 61.5 Å². The van der Waals surface area contributed by atoms with Gasteiger partial charge < -0.3 is 10.2 Å². The lowest BCUT2D eigenvalue weighted by Gasteiger charge is -2.33. The fourth-order valence-electron chi connectivity index (χ4n) is 4.12. The molecule has 0 fully saturated rings. The van der Waals surface area contributed by atoms with Crippen molar-refractivity contribution in [1.82, 2.24) is 10.2 Å². The van der Waals surface area contributed by atoms with Crippen LogP contribution in [0.3, 0.4) is 0 Å². The second kappa shape index (κ2) is 14.9. The largest absolute Gasteiger partial charge is 0.354 e. The lowest BCUT2D eigenvalue weighted by atomic mass is 10.0. The van der Waals surface area contributed by atoms with Crippen molar-refractivity contribution in [3.63, 3.8) is 0 Å². The van der Waals surface area contributed by atoms with Gasteiger partial charge in [-0.1, -0.05) is 94.9 Å². The highest BCUT2D eigenvalue weighted by Crippen LogP contribution is 2.30. The molecule has 11 heteroatoms. The molecular weight excluding hydrogens is 637 g/mol. The van der Waals surface area contributed by atoms with Crippen LogP contribution in [0, 0.1) is 0 Å². The van der Waals surface area contributed by atoms with Gasteiger partial charge in [0.2, 0.25) is 21.8 Å². The zero-order valence-corrected chi connectivity index (χ0v) is 26.2. The Morgan fingerprint density at radius 3 is 2.25 bits per heavy atom. The quantitative estimate of drug-likeness (QED) is 0.224. The fourth-order valence-corrected chi connectivity index (χ4v) is 5.81. The molecule has 1 atom stereocenters. The van der Waals surface area contributed by atoms with Gasteiger partial charge in [0.1, 0.15) is 12.6 Å². The summed E-state index contributed by atoms with van der Waals surface area (Å²) >= 11 is 15.8. The van der Waals surface area contributed by atoms with E-state index < -0.39 is 28.5 Å². The van der Waals surface area contributed by atoms with E-state index in [2.05, 4.69) is 21.2 Å². The number of carbonyl (C=O) groups excluding carboxylic acids is 2. The lowest BCUT2D eigenvalue weighted by Crippen LogP contribution is -2.53. The molecule has 40 heavy (non-hydrogen) atoms. The summed E-state index contributed by atoms with van der Waals surface area (Å²) in [5.41, 5.74) is 1.77. The van der Waals surface area contributed by atoms with Crippen LogP contribution in [0.1, 0.15) is 30.9 Å². The molecule has 0 aliphatic carbocycles. The number of amides is 2. The van der Waals surface area contributed by atoms with Gasteiger partial charge in [-0.3, -0.25) is 13.9 Å². The third-order valence-electron chi connectivity index (χ3n) is 6.22. The second-order valence-corrected chi connectivity index (χ2v) is 13.0. The van der Waals surface area contributed by atoms with Gasteiger partial charge in [0.15, 0.2) is 0 Å². The highest BCUT2D eigenvalue weighted by molar-refractivity contribution is 9.10. The molecule has 2 amide bonds. The van der Waals surface area contributed by atoms with E-state index in [9.17, 15) is 18.0 Å². The zero-order chi connectivity index (χ0) is 29.3. The number of hydrogen-bond donors (Lipinski definition) is 1. The summed E-state index contributed by atoms with van der Waals surface area (Å²) in [4.78, 5) is 29.1. The average Bonchev–Trinajstić information content (AvgIpc) is 2.90. The molecule has 3 aromatic rings. The molecular formula is C29H32BrCl2N3O4S. The van der Waals surface area contributed by atoms with E-state index in [1.165, 1.54) is 23.1 Å². The Hall–Kier alpha value is -2.59. The minimum atomic E-state index is -3.93. The predicted molar refractivity (Wildman–Crippen MR) is 165 cm³/mol. The van der Waals surface area contributed by atoms with Gasteiger partial charge in [-0.15, -0.1) is 0 Å². The first kappa shape index (κ1) is 31.9. The summed E-state index contributed by atoms with van der Waals surface area (Å²) < 4.78 is 27.6. The number of hydrogen-bond acceptors (Lipinski definition) is 4. The van der Waals surface area contributed by atoms with Gasteiger partial charge >= 0.3 is 0 Å². The third kappa shape index (κ3) is 9.23. The van der Waals surface area contributed by atoms with E-state index in [0.29, 0.717) is 11.6 Å². The number of benzene rings is 3.